The summed E-state index contributed by atoms with van der Waals surface area (Å²) in [5, 5.41) is 2.84. The van der Waals surface area contributed by atoms with Crippen LogP contribution in [0.2, 0.25) is 0 Å². The van der Waals surface area contributed by atoms with Gasteiger partial charge in [0.2, 0.25) is 15.9 Å². The molecular formula is C19H24N2O4S. The van der Waals surface area contributed by atoms with E-state index in [-0.39, 0.29) is 18.9 Å². The summed E-state index contributed by atoms with van der Waals surface area (Å²) in [5.41, 5.74) is 1.58. The number of benzene rings is 2. The third kappa shape index (κ3) is 6.07. The molecule has 2 aromatic rings. The van der Waals surface area contributed by atoms with Crippen LogP contribution in [-0.4, -0.2) is 34.2 Å². The maximum absolute atomic E-state index is 12.1. The van der Waals surface area contributed by atoms with Gasteiger partial charge in [0.15, 0.2) is 0 Å². The second-order valence-corrected chi connectivity index (χ2v) is 7.81. The lowest BCUT2D eigenvalue weighted by atomic mass is 10.2. The van der Waals surface area contributed by atoms with Gasteiger partial charge in [-0.05, 0) is 36.2 Å². The van der Waals surface area contributed by atoms with Gasteiger partial charge in [-0.15, -0.1) is 0 Å². The molecule has 0 aliphatic rings. The molecule has 0 saturated carbocycles. The van der Waals surface area contributed by atoms with Crippen LogP contribution in [0.4, 0.5) is 5.69 Å². The lowest BCUT2D eigenvalue weighted by Crippen LogP contribution is -2.32. The first kappa shape index (κ1) is 19.8. The smallest absolute Gasteiger partial charge is 0.232 e. The maximum atomic E-state index is 12.1. The maximum Gasteiger partial charge on any atom is 0.232 e. The van der Waals surface area contributed by atoms with Crippen molar-refractivity contribution in [1.29, 1.82) is 0 Å². The van der Waals surface area contributed by atoms with E-state index in [1.165, 1.54) is 4.31 Å². The normalized spacial score (nSPS) is 11.0. The van der Waals surface area contributed by atoms with Crippen molar-refractivity contribution >= 4 is 21.6 Å². The molecule has 26 heavy (non-hydrogen) atoms. The molecule has 0 saturated heterocycles. The molecule has 0 aromatic heterocycles. The highest BCUT2D eigenvalue weighted by molar-refractivity contribution is 7.92. The van der Waals surface area contributed by atoms with Crippen LogP contribution < -0.4 is 14.4 Å². The molecule has 6 nitrogen and oxygen atoms in total. The number of rotatable bonds is 9. The van der Waals surface area contributed by atoms with Crippen molar-refractivity contribution in [3.8, 4) is 5.75 Å². The summed E-state index contributed by atoms with van der Waals surface area (Å²) in [7, 11) is -1.88. The Labute approximate surface area is 154 Å². The van der Waals surface area contributed by atoms with Gasteiger partial charge < -0.3 is 10.1 Å². The van der Waals surface area contributed by atoms with Gasteiger partial charge in [-0.3, -0.25) is 9.10 Å². The average molecular weight is 376 g/mol. The van der Waals surface area contributed by atoms with Crippen LogP contribution in [-0.2, 0) is 21.4 Å². The number of carbonyl (C=O) groups is 1. The summed E-state index contributed by atoms with van der Waals surface area (Å²) >= 11 is 0. The van der Waals surface area contributed by atoms with Crippen molar-refractivity contribution in [3.05, 3.63) is 60.2 Å². The molecule has 1 N–H and O–H groups in total. The summed E-state index contributed by atoms with van der Waals surface area (Å²) in [4.78, 5) is 12.0. The molecule has 0 aliphatic carbocycles. The van der Waals surface area contributed by atoms with Gasteiger partial charge in [0.25, 0.3) is 0 Å². The Morgan fingerprint density at radius 3 is 2.31 bits per heavy atom. The largest absolute Gasteiger partial charge is 0.497 e. The molecule has 2 aromatic carbocycles. The summed E-state index contributed by atoms with van der Waals surface area (Å²) < 4.78 is 30.5. The van der Waals surface area contributed by atoms with Crippen LogP contribution in [0.3, 0.4) is 0 Å². The number of carbonyl (C=O) groups excluding carboxylic acids is 1. The fourth-order valence-electron chi connectivity index (χ4n) is 2.50. The van der Waals surface area contributed by atoms with Crippen molar-refractivity contribution in [3.63, 3.8) is 0 Å². The number of sulfonamides is 1. The minimum atomic E-state index is -3.43. The molecule has 0 radical (unpaired) electrons. The number of hydrogen-bond acceptors (Lipinski definition) is 4. The van der Waals surface area contributed by atoms with Gasteiger partial charge in [-0.1, -0.05) is 30.3 Å². The molecule has 0 atom stereocenters. The van der Waals surface area contributed by atoms with Crippen molar-refractivity contribution in [2.75, 3.05) is 24.2 Å². The van der Waals surface area contributed by atoms with E-state index < -0.39 is 10.0 Å². The molecule has 0 spiro atoms. The predicted molar refractivity (Wildman–Crippen MR) is 103 cm³/mol. The first-order valence-corrected chi connectivity index (χ1v) is 10.2. The zero-order chi connectivity index (χ0) is 19.0. The standard InChI is InChI=1S/C19H24N2O4S/c1-25-18-12-10-17(11-13-18)21(26(2,23)24)14-6-9-19(22)20-15-16-7-4-3-5-8-16/h3-5,7-8,10-13H,6,9,14-15H2,1-2H3,(H,20,22). The molecule has 0 aliphatic heterocycles. The quantitative estimate of drug-likeness (QED) is 0.730. The third-order valence-corrected chi connectivity index (χ3v) is 5.05. The van der Waals surface area contributed by atoms with Gasteiger partial charge in [-0.25, -0.2) is 8.42 Å². The Kier molecular flexibility index (Phi) is 7.03. The van der Waals surface area contributed by atoms with Crippen LogP contribution >= 0.6 is 0 Å². The summed E-state index contributed by atoms with van der Waals surface area (Å²) in [6.07, 6.45) is 1.85. The average Bonchev–Trinajstić information content (AvgIpc) is 2.63. The molecule has 140 valence electrons. The van der Waals surface area contributed by atoms with E-state index in [4.69, 9.17) is 4.74 Å². The van der Waals surface area contributed by atoms with Crippen LogP contribution in [0.15, 0.2) is 54.6 Å². The molecule has 0 unspecified atom stereocenters. The first-order valence-electron chi connectivity index (χ1n) is 8.32. The lowest BCUT2D eigenvalue weighted by molar-refractivity contribution is -0.121. The van der Waals surface area contributed by atoms with E-state index in [1.807, 2.05) is 30.3 Å². The third-order valence-electron chi connectivity index (χ3n) is 3.86. The Morgan fingerprint density at radius 1 is 1.08 bits per heavy atom. The molecule has 0 fully saturated rings. The molecule has 0 heterocycles. The Bertz CT molecular complexity index is 805. The molecule has 0 bridgehead atoms. The van der Waals surface area contributed by atoms with E-state index in [0.717, 1.165) is 11.8 Å². The van der Waals surface area contributed by atoms with E-state index >= 15 is 0 Å². The monoisotopic (exact) mass is 376 g/mol. The van der Waals surface area contributed by atoms with Gasteiger partial charge in [0.05, 0.1) is 19.1 Å². The van der Waals surface area contributed by atoms with Crippen molar-refractivity contribution in [2.24, 2.45) is 0 Å². The first-order chi connectivity index (χ1) is 12.4. The van der Waals surface area contributed by atoms with Gasteiger partial charge in [0, 0.05) is 19.5 Å². The number of ether oxygens (including phenoxy) is 1. The fraction of sp³-hybridized carbons (Fsp3) is 0.316. The number of nitrogens with one attached hydrogen (secondary N) is 1. The summed E-state index contributed by atoms with van der Waals surface area (Å²) in [6, 6.07) is 16.4. The van der Waals surface area contributed by atoms with Crippen LogP contribution in [0.25, 0.3) is 0 Å². The molecule has 1 amide bonds. The highest BCUT2D eigenvalue weighted by Crippen LogP contribution is 2.21. The minimum absolute atomic E-state index is 0.1000. The zero-order valence-corrected chi connectivity index (χ0v) is 15.8. The minimum Gasteiger partial charge on any atom is -0.497 e. The van der Waals surface area contributed by atoms with Crippen molar-refractivity contribution < 1.29 is 17.9 Å². The number of methoxy groups -OCH3 is 1. The van der Waals surface area contributed by atoms with Gasteiger partial charge >= 0.3 is 0 Å². The number of hydrogen-bond donors (Lipinski definition) is 1. The van der Waals surface area contributed by atoms with Crippen LogP contribution in [0.5, 0.6) is 5.75 Å². The number of nitrogens with zero attached hydrogens (tertiary/aromatic N) is 1. The summed E-state index contributed by atoms with van der Waals surface area (Å²) in [6.45, 7) is 0.706. The van der Waals surface area contributed by atoms with E-state index in [1.54, 1.807) is 31.4 Å². The van der Waals surface area contributed by atoms with Crippen LogP contribution in [0, 0.1) is 0 Å². The fourth-order valence-corrected chi connectivity index (χ4v) is 3.47. The molecule has 2 rings (SSSR count). The molecule has 7 heteroatoms. The topological polar surface area (TPSA) is 75.7 Å². The Morgan fingerprint density at radius 2 is 1.73 bits per heavy atom. The van der Waals surface area contributed by atoms with Crippen molar-refractivity contribution in [1.82, 2.24) is 5.32 Å². The van der Waals surface area contributed by atoms with E-state index in [0.29, 0.717) is 24.4 Å². The summed E-state index contributed by atoms with van der Waals surface area (Å²) in [5.74, 6) is 0.555. The second-order valence-electron chi connectivity index (χ2n) is 5.90. The van der Waals surface area contributed by atoms with Crippen molar-refractivity contribution in [2.45, 2.75) is 19.4 Å². The SMILES string of the molecule is COc1ccc(N(CCCC(=O)NCc2ccccc2)S(C)(=O)=O)cc1. The lowest BCUT2D eigenvalue weighted by Gasteiger charge is -2.22. The van der Waals surface area contributed by atoms with Gasteiger partial charge in [0.1, 0.15) is 5.75 Å². The Balaban J connectivity index is 1.88. The Hall–Kier alpha value is -2.54. The van der Waals surface area contributed by atoms with Gasteiger partial charge in [-0.2, -0.15) is 0 Å². The number of anilines is 1. The van der Waals surface area contributed by atoms with E-state index in [9.17, 15) is 13.2 Å². The van der Waals surface area contributed by atoms with E-state index in [2.05, 4.69) is 5.32 Å². The highest BCUT2D eigenvalue weighted by atomic mass is 32.2. The second kappa shape index (κ2) is 9.24. The number of amides is 1. The molecular weight excluding hydrogens is 352 g/mol. The highest BCUT2D eigenvalue weighted by Gasteiger charge is 2.17. The zero-order valence-electron chi connectivity index (χ0n) is 15.0. The predicted octanol–water partition coefficient (Wildman–Crippen LogP) is 2.56. The van der Waals surface area contributed by atoms with Crippen LogP contribution in [0.1, 0.15) is 18.4 Å².